The fourth-order valence-corrected chi connectivity index (χ4v) is 4.30. The number of benzene rings is 2. The van der Waals surface area contributed by atoms with Gasteiger partial charge >= 0.3 is 0 Å². The van der Waals surface area contributed by atoms with Crippen LogP contribution in [0.1, 0.15) is 29.2 Å². The number of amidine groups is 1. The monoisotopic (exact) mass is 424 g/mol. The highest BCUT2D eigenvalue weighted by Gasteiger charge is 2.25. The minimum absolute atomic E-state index is 0.0410. The van der Waals surface area contributed by atoms with Crippen LogP contribution in [-0.2, 0) is 27.3 Å². The molecule has 5 rings (SSSR count). The number of carbonyl (C=O) groups excluding carboxylic acids is 1. The maximum Gasteiger partial charge on any atom is 0.290 e. The number of rotatable bonds is 4. The van der Waals surface area contributed by atoms with Crippen molar-refractivity contribution in [2.24, 2.45) is 4.99 Å². The number of nitrogens with one attached hydrogen (secondary N) is 2. The van der Waals surface area contributed by atoms with Crippen molar-refractivity contribution in [3.8, 4) is 0 Å². The number of ether oxygens (including phenoxy) is 2. The molecule has 3 aliphatic rings. The molecule has 2 aromatic rings. The number of carbonyl (C=O) groups is 1. The van der Waals surface area contributed by atoms with Gasteiger partial charge in [0.2, 0.25) is 5.91 Å². The van der Waals surface area contributed by atoms with Gasteiger partial charge in [-0.3, -0.25) is 9.69 Å². The van der Waals surface area contributed by atoms with E-state index in [-0.39, 0.29) is 17.8 Å². The molecule has 1 unspecified atom stereocenters. The van der Waals surface area contributed by atoms with Crippen LogP contribution in [0, 0.1) is 5.82 Å². The van der Waals surface area contributed by atoms with Crippen LogP contribution in [-0.4, -0.2) is 49.7 Å². The highest BCUT2D eigenvalue weighted by molar-refractivity contribution is 5.92. The predicted octanol–water partition coefficient (Wildman–Crippen LogP) is 2.89. The van der Waals surface area contributed by atoms with Crippen molar-refractivity contribution < 1.29 is 18.7 Å². The van der Waals surface area contributed by atoms with Gasteiger partial charge in [0.1, 0.15) is 12.4 Å². The van der Waals surface area contributed by atoms with Crippen LogP contribution in [0.2, 0.25) is 0 Å². The van der Waals surface area contributed by atoms with Crippen molar-refractivity contribution in [1.29, 1.82) is 0 Å². The second kappa shape index (κ2) is 8.64. The van der Waals surface area contributed by atoms with Crippen molar-refractivity contribution >= 4 is 23.3 Å². The maximum atomic E-state index is 13.4. The normalized spacial score (nSPS) is 20.3. The molecule has 7 nitrogen and oxygen atoms in total. The summed E-state index contributed by atoms with van der Waals surface area (Å²) in [6.45, 7) is 3.61. The van der Waals surface area contributed by atoms with Crippen LogP contribution in [0.3, 0.4) is 0 Å². The van der Waals surface area contributed by atoms with Gasteiger partial charge in [-0.25, -0.2) is 4.39 Å². The highest BCUT2D eigenvalue weighted by Crippen LogP contribution is 2.33. The smallest absolute Gasteiger partial charge is 0.290 e. The lowest BCUT2D eigenvalue weighted by Gasteiger charge is -2.26. The Bertz CT molecular complexity index is 1020. The van der Waals surface area contributed by atoms with Crippen molar-refractivity contribution in [1.82, 2.24) is 10.2 Å². The number of hydrogen-bond acceptors (Lipinski definition) is 6. The van der Waals surface area contributed by atoms with Gasteiger partial charge in [0.25, 0.3) is 6.02 Å². The van der Waals surface area contributed by atoms with E-state index in [2.05, 4.69) is 20.5 Å². The van der Waals surface area contributed by atoms with E-state index < -0.39 is 0 Å². The molecule has 1 amide bonds. The Morgan fingerprint density at radius 2 is 2.03 bits per heavy atom. The van der Waals surface area contributed by atoms with E-state index >= 15 is 0 Å². The summed E-state index contributed by atoms with van der Waals surface area (Å²) in [6, 6.07) is 11.1. The van der Waals surface area contributed by atoms with E-state index in [4.69, 9.17) is 9.47 Å². The number of morpholine rings is 1. The molecular weight excluding hydrogens is 399 g/mol. The summed E-state index contributed by atoms with van der Waals surface area (Å²) < 4.78 is 24.6. The maximum absolute atomic E-state index is 13.4. The molecule has 162 valence electrons. The third-order valence-corrected chi connectivity index (χ3v) is 5.90. The zero-order chi connectivity index (χ0) is 21.2. The van der Waals surface area contributed by atoms with Gasteiger partial charge in [-0.1, -0.05) is 6.07 Å². The van der Waals surface area contributed by atoms with Gasteiger partial charge in [-0.2, -0.15) is 4.99 Å². The van der Waals surface area contributed by atoms with E-state index in [1.165, 1.54) is 6.07 Å². The molecule has 1 fully saturated rings. The van der Waals surface area contributed by atoms with E-state index in [0.717, 1.165) is 54.0 Å². The average molecular weight is 424 g/mol. The summed E-state index contributed by atoms with van der Waals surface area (Å²) in [5.41, 5.74) is 4.60. The van der Waals surface area contributed by atoms with Gasteiger partial charge in [-0.05, 0) is 54.3 Å². The number of aryl methyl sites for hydroxylation is 1. The zero-order valence-electron chi connectivity index (χ0n) is 17.2. The number of anilines is 1. The molecule has 2 heterocycles. The average Bonchev–Trinajstić information content (AvgIpc) is 3.16. The standard InChI is InChI=1S/C23H25FN4O3/c24-17-2-4-19-15(11-17)1-5-21(19)27-23-26-20-6-3-18(12-16(20)14-31-23)25-22(29)13-28-7-9-30-10-8-28/h2-4,6,11-12,21H,1,5,7-10,13-14H2,(H,25,29)(H,26,27). The molecule has 0 radical (unpaired) electrons. The molecule has 8 heteroatoms. The minimum Gasteiger partial charge on any atom is -0.460 e. The van der Waals surface area contributed by atoms with Crippen molar-refractivity contribution in [2.45, 2.75) is 25.5 Å². The second-order valence-corrected chi connectivity index (χ2v) is 8.06. The first kappa shape index (κ1) is 20.0. The first-order valence-corrected chi connectivity index (χ1v) is 10.6. The van der Waals surface area contributed by atoms with E-state index in [1.54, 1.807) is 6.07 Å². The molecule has 0 bridgehead atoms. The Morgan fingerprint density at radius 1 is 1.16 bits per heavy atom. The van der Waals surface area contributed by atoms with Crippen LogP contribution in [0.15, 0.2) is 41.4 Å². The lowest BCUT2D eigenvalue weighted by molar-refractivity contribution is -0.118. The Morgan fingerprint density at radius 3 is 2.90 bits per heavy atom. The SMILES string of the molecule is O=C(CN1CCOCC1)Nc1ccc2c(c1)COC(NC1CCc3cc(F)ccc31)=N2. The molecule has 2 aliphatic heterocycles. The summed E-state index contributed by atoms with van der Waals surface area (Å²) in [4.78, 5) is 19.0. The summed E-state index contributed by atoms with van der Waals surface area (Å²) in [7, 11) is 0. The van der Waals surface area contributed by atoms with Gasteiger partial charge in [-0.15, -0.1) is 0 Å². The minimum atomic E-state index is -0.201. The van der Waals surface area contributed by atoms with Crippen LogP contribution < -0.4 is 10.6 Å². The topological polar surface area (TPSA) is 75.2 Å². The number of fused-ring (bicyclic) bond motifs is 2. The number of aliphatic imine (C=N–C) groups is 1. The lowest BCUT2D eigenvalue weighted by atomic mass is 10.1. The summed E-state index contributed by atoms with van der Waals surface area (Å²) >= 11 is 0. The van der Waals surface area contributed by atoms with Gasteiger partial charge in [0.05, 0.1) is 31.5 Å². The molecular formula is C23H25FN4O3. The van der Waals surface area contributed by atoms with Crippen LogP contribution >= 0.6 is 0 Å². The number of nitrogens with zero attached hydrogens (tertiary/aromatic N) is 2. The fraction of sp³-hybridized carbons (Fsp3) is 0.391. The third-order valence-electron chi connectivity index (χ3n) is 5.90. The Labute approximate surface area is 180 Å². The van der Waals surface area contributed by atoms with Gasteiger partial charge in [0.15, 0.2) is 0 Å². The Kier molecular flexibility index (Phi) is 5.57. The largest absolute Gasteiger partial charge is 0.460 e. The summed E-state index contributed by atoms with van der Waals surface area (Å²) in [5, 5.41) is 6.30. The van der Waals surface area contributed by atoms with Gasteiger partial charge < -0.3 is 20.1 Å². The molecule has 0 saturated carbocycles. The third kappa shape index (κ3) is 4.55. The van der Waals surface area contributed by atoms with Gasteiger partial charge in [0, 0.05) is 24.3 Å². The second-order valence-electron chi connectivity index (χ2n) is 8.06. The van der Waals surface area contributed by atoms with Crippen molar-refractivity contribution in [3.63, 3.8) is 0 Å². The highest BCUT2D eigenvalue weighted by atomic mass is 19.1. The van der Waals surface area contributed by atoms with E-state index in [0.29, 0.717) is 32.4 Å². The molecule has 2 N–H and O–H groups in total. The summed E-state index contributed by atoms with van der Waals surface area (Å²) in [5.74, 6) is -0.242. The molecule has 2 aromatic carbocycles. The van der Waals surface area contributed by atoms with Crippen LogP contribution in [0.4, 0.5) is 15.8 Å². The molecule has 31 heavy (non-hydrogen) atoms. The fourth-order valence-electron chi connectivity index (χ4n) is 4.30. The van der Waals surface area contributed by atoms with E-state index in [1.807, 2.05) is 24.3 Å². The molecule has 1 atom stereocenters. The molecule has 0 aromatic heterocycles. The Hall–Kier alpha value is -2.97. The number of hydrogen-bond donors (Lipinski definition) is 2. The number of amides is 1. The molecule has 0 spiro atoms. The van der Waals surface area contributed by atoms with E-state index in [9.17, 15) is 9.18 Å². The molecule has 1 aliphatic carbocycles. The molecule has 1 saturated heterocycles. The quantitative estimate of drug-likeness (QED) is 0.790. The van der Waals surface area contributed by atoms with Crippen LogP contribution in [0.5, 0.6) is 0 Å². The zero-order valence-corrected chi connectivity index (χ0v) is 17.2. The van der Waals surface area contributed by atoms with Crippen molar-refractivity contribution in [2.75, 3.05) is 38.2 Å². The summed E-state index contributed by atoms with van der Waals surface area (Å²) in [6.07, 6.45) is 1.71. The lowest BCUT2D eigenvalue weighted by Crippen LogP contribution is -2.41. The van der Waals surface area contributed by atoms with Crippen LogP contribution in [0.25, 0.3) is 0 Å². The Balaban J connectivity index is 1.22. The van der Waals surface area contributed by atoms with Crippen molar-refractivity contribution in [3.05, 3.63) is 58.9 Å². The number of halogens is 1. The predicted molar refractivity (Wildman–Crippen MR) is 115 cm³/mol. The first-order chi connectivity index (χ1) is 15.1. The first-order valence-electron chi connectivity index (χ1n) is 10.6.